The smallest absolute Gasteiger partial charge is 0.328 e. The molecule has 16 heavy (non-hydrogen) atoms. The van der Waals surface area contributed by atoms with Crippen LogP contribution in [0.15, 0.2) is 30.3 Å². The molecule has 2 atom stereocenters. The average Bonchev–Trinajstić information content (AvgIpc) is 2.35. The Labute approximate surface area is 93.9 Å². The van der Waals surface area contributed by atoms with Crippen LogP contribution in [0.1, 0.15) is 11.7 Å². The molecule has 0 amide bonds. The van der Waals surface area contributed by atoms with Crippen LogP contribution in [-0.4, -0.2) is 31.3 Å². The molecule has 0 fully saturated rings. The summed E-state index contributed by atoms with van der Waals surface area (Å²) in [6.45, 7) is 0. The van der Waals surface area contributed by atoms with Gasteiger partial charge in [-0.3, -0.25) is 4.79 Å². The van der Waals surface area contributed by atoms with Gasteiger partial charge in [0.25, 0.3) is 0 Å². The Balaban J connectivity index is 2.82. The van der Waals surface area contributed by atoms with Crippen LogP contribution in [0.4, 0.5) is 0 Å². The van der Waals surface area contributed by atoms with Gasteiger partial charge in [0.05, 0.1) is 14.2 Å². The summed E-state index contributed by atoms with van der Waals surface area (Å²) in [7, 11) is 2.62. The summed E-state index contributed by atoms with van der Waals surface area (Å²) in [5.74, 6) is -0.585. The quantitative estimate of drug-likeness (QED) is 0.561. The van der Waals surface area contributed by atoms with E-state index in [9.17, 15) is 9.90 Å². The predicted octanol–water partition coefficient (Wildman–Crippen LogP) is 0.413. The van der Waals surface area contributed by atoms with Crippen molar-refractivity contribution in [2.45, 2.75) is 12.1 Å². The fourth-order valence-electron chi connectivity index (χ4n) is 1.34. The van der Waals surface area contributed by atoms with Gasteiger partial charge in [-0.25, -0.2) is 0 Å². The third-order valence-electron chi connectivity index (χ3n) is 2.16. The highest BCUT2D eigenvalue weighted by molar-refractivity contribution is 5.76. The van der Waals surface area contributed by atoms with E-state index in [-0.39, 0.29) is 0 Å². The van der Waals surface area contributed by atoms with Gasteiger partial charge in [-0.15, -0.1) is 0 Å². The number of methoxy groups -OCH3 is 1. The second-order valence-corrected chi connectivity index (χ2v) is 3.18. The topological polar surface area (TPSA) is 67.8 Å². The van der Waals surface area contributed by atoms with Crippen molar-refractivity contribution in [1.29, 1.82) is 0 Å². The zero-order valence-electron chi connectivity index (χ0n) is 9.21. The maximum atomic E-state index is 11.4. The van der Waals surface area contributed by atoms with Crippen molar-refractivity contribution in [2.75, 3.05) is 14.2 Å². The number of aliphatic hydroxyl groups is 1. The zero-order valence-corrected chi connectivity index (χ0v) is 9.21. The highest BCUT2D eigenvalue weighted by Crippen LogP contribution is 2.17. The average molecular weight is 225 g/mol. The summed E-state index contributed by atoms with van der Waals surface area (Å²) in [5.41, 5.74) is 3.02. The fourth-order valence-corrected chi connectivity index (χ4v) is 1.34. The molecule has 0 aliphatic carbocycles. The Bertz CT molecular complexity index is 328. The molecule has 0 radical (unpaired) electrons. The zero-order chi connectivity index (χ0) is 12.0. The van der Waals surface area contributed by atoms with E-state index >= 15 is 0 Å². The molecule has 1 rings (SSSR count). The molecule has 0 saturated carbocycles. The molecular weight excluding hydrogens is 210 g/mol. The number of hydroxylamine groups is 1. The van der Waals surface area contributed by atoms with E-state index in [1.165, 1.54) is 14.2 Å². The van der Waals surface area contributed by atoms with E-state index in [4.69, 9.17) is 0 Å². The van der Waals surface area contributed by atoms with Crippen LogP contribution < -0.4 is 5.48 Å². The van der Waals surface area contributed by atoms with Crippen molar-refractivity contribution in [3.63, 3.8) is 0 Å². The van der Waals surface area contributed by atoms with Gasteiger partial charge in [-0.05, 0) is 5.56 Å². The van der Waals surface area contributed by atoms with Gasteiger partial charge < -0.3 is 14.7 Å². The standard InChI is InChI=1S/C11H15NO4/c1-15-11(14)9(12-16-2)10(13)8-6-4-3-5-7-8/h3-7,9-10,12-13H,1-2H3. The molecule has 5 heteroatoms. The third-order valence-corrected chi connectivity index (χ3v) is 2.16. The maximum Gasteiger partial charge on any atom is 0.328 e. The monoisotopic (exact) mass is 225 g/mol. The van der Waals surface area contributed by atoms with E-state index in [0.29, 0.717) is 5.56 Å². The molecule has 1 aromatic rings. The van der Waals surface area contributed by atoms with E-state index < -0.39 is 18.1 Å². The number of aliphatic hydroxyl groups excluding tert-OH is 1. The minimum Gasteiger partial charge on any atom is -0.468 e. The molecule has 1 aromatic carbocycles. The Morgan fingerprint density at radius 2 is 1.94 bits per heavy atom. The number of rotatable bonds is 5. The van der Waals surface area contributed by atoms with Crippen LogP contribution in [-0.2, 0) is 14.4 Å². The SMILES string of the molecule is CONC(C(=O)OC)C(O)c1ccccc1. The minimum atomic E-state index is -1.02. The van der Waals surface area contributed by atoms with Gasteiger partial charge in [-0.2, -0.15) is 5.48 Å². The van der Waals surface area contributed by atoms with Crippen LogP contribution in [0.5, 0.6) is 0 Å². The largest absolute Gasteiger partial charge is 0.468 e. The summed E-state index contributed by atoms with van der Waals surface area (Å²) in [6, 6.07) is 7.87. The van der Waals surface area contributed by atoms with Gasteiger partial charge in [-0.1, -0.05) is 30.3 Å². The lowest BCUT2D eigenvalue weighted by atomic mass is 10.0. The number of nitrogens with one attached hydrogen (secondary N) is 1. The molecule has 0 aliphatic heterocycles. The van der Waals surface area contributed by atoms with Gasteiger partial charge in [0, 0.05) is 0 Å². The predicted molar refractivity (Wildman–Crippen MR) is 57.4 cm³/mol. The van der Waals surface area contributed by atoms with Gasteiger partial charge in [0.1, 0.15) is 6.10 Å². The van der Waals surface area contributed by atoms with Crippen molar-refractivity contribution in [3.8, 4) is 0 Å². The Morgan fingerprint density at radius 3 is 2.44 bits per heavy atom. The number of carbonyl (C=O) groups is 1. The molecule has 0 bridgehead atoms. The first kappa shape index (κ1) is 12.6. The normalized spacial score (nSPS) is 14.2. The van der Waals surface area contributed by atoms with Crippen molar-refractivity contribution < 1.29 is 19.5 Å². The second kappa shape index (κ2) is 6.22. The Kier molecular flexibility index (Phi) is 4.91. The van der Waals surface area contributed by atoms with Crippen LogP contribution >= 0.6 is 0 Å². The van der Waals surface area contributed by atoms with E-state index in [0.717, 1.165) is 0 Å². The molecule has 0 saturated heterocycles. The lowest BCUT2D eigenvalue weighted by Gasteiger charge is -2.20. The van der Waals surface area contributed by atoms with Crippen molar-refractivity contribution in [1.82, 2.24) is 5.48 Å². The lowest BCUT2D eigenvalue weighted by Crippen LogP contribution is -2.41. The van der Waals surface area contributed by atoms with Gasteiger partial charge in [0.2, 0.25) is 0 Å². The van der Waals surface area contributed by atoms with Crippen LogP contribution in [0.25, 0.3) is 0 Å². The third kappa shape index (κ3) is 3.03. The number of esters is 1. The summed E-state index contributed by atoms with van der Waals surface area (Å²) >= 11 is 0. The molecule has 0 heterocycles. The first-order valence-electron chi connectivity index (χ1n) is 4.80. The second-order valence-electron chi connectivity index (χ2n) is 3.18. The van der Waals surface area contributed by atoms with Gasteiger partial charge in [0.15, 0.2) is 6.04 Å². The number of ether oxygens (including phenoxy) is 1. The number of hydrogen-bond donors (Lipinski definition) is 2. The van der Waals surface area contributed by atoms with Crippen LogP contribution in [0, 0.1) is 0 Å². The minimum absolute atomic E-state index is 0.585. The Hall–Kier alpha value is -1.43. The highest BCUT2D eigenvalue weighted by Gasteiger charge is 2.28. The van der Waals surface area contributed by atoms with Crippen molar-refractivity contribution in [3.05, 3.63) is 35.9 Å². The molecule has 88 valence electrons. The maximum absolute atomic E-state index is 11.4. The molecule has 0 aliphatic rings. The van der Waals surface area contributed by atoms with E-state index in [2.05, 4.69) is 15.1 Å². The van der Waals surface area contributed by atoms with E-state index in [1.807, 2.05) is 6.07 Å². The van der Waals surface area contributed by atoms with E-state index in [1.54, 1.807) is 24.3 Å². The lowest BCUT2D eigenvalue weighted by molar-refractivity contribution is -0.151. The molecule has 2 N–H and O–H groups in total. The summed E-state index contributed by atoms with van der Waals surface area (Å²) in [6.07, 6.45) is -1.02. The Morgan fingerprint density at radius 1 is 1.31 bits per heavy atom. The van der Waals surface area contributed by atoms with Crippen molar-refractivity contribution in [2.24, 2.45) is 0 Å². The van der Waals surface area contributed by atoms with Crippen LogP contribution in [0.3, 0.4) is 0 Å². The number of carbonyl (C=O) groups excluding carboxylic acids is 1. The molecule has 0 aromatic heterocycles. The first-order chi connectivity index (χ1) is 7.70. The number of hydrogen-bond acceptors (Lipinski definition) is 5. The molecule has 2 unspecified atom stereocenters. The molecular formula is C11H15NO4. The molecule has 5 nitrogen and oxygen atoms in total. The highest BCUT2D eigenvalue weighted by atomic mass is 16.6. The summed E-state index contributed by atoms with van der Waals surface area (Å²) < 4.78 is 4.57. The van der Waals surface area contributed by atoms with Gasteiger partial charge >= 0.3 is 5.97 Å². The molecule has 0 spiro atoms. The fraction of sp³-hybridized carbons (Fsp3) is 0.364. The van der Waals surface area contributed by atoms with Crippen LogP contribution in [0.2, 0.25) is 0 Å². The summed E-state index contributed by atoms with van der Waals surface area (Å²) in [4.78, 5) is 16.1. The van der Waals surface area contributed by atoms with Crippen molar-refractivity contribution >= 4 is 5.97 Å². The summed E-state index contributed by atoms with van der Waals surface area (Å²) in [5, 5.41) is 9.97. The number of benzene rings is 1. The first-order valence-corrected chi connectivity index (χ1v) is 4.80.